The van der Waals surface area contributed by atoms with Gasteiger partial charge in [0.05, 0.1) is 10.7 Å². The van der Waals surface area contributed by atoms with Gasteiger partial charge in [-0.05, 0) is 12.1 Å². The average Bonchev–Trinajstić information content (AvgIpc) is 2.09. The maximum atomic E-state index is 11.0. The van der Waals surface area contributed by atoms with Gasteiger partial charge < -0.3 is 5.73 Å². The van der Waals surface area contributed by atoms with E-state index in [0.29, 0.717) is 10.7 Å². The van der Waals surface area contributed by atoms with Crippen LogP contribution < -0.4 is 10.5 Å². The van der Waals surface area contributed by atoms with Gasteiger partial charge in [0.1, 0.15) is 5.88 Å². The third-order valence-electron chi connectivity index (χ3n) is 1.36. The van der Waals surface area contributed by atoms with Crippen molar-refractivity contribution in [2.75, 3.05) is 10.6 Å². The molecule has 1 aromatic rings. The average molecular weight is 221 g/mol. The molecule has 1 aromatic carbocycles. The van der Waals surface area contributed by atoms with Crippen molar-refractivity contribution in [1.82, 2.24) is 0 Å². The van der Waals surface area contributed by atoms with E-state index in [4.69, 9.17) is 17.3 Å². The summed E-state index contributed by atoms with van der Waals surface area (Å²) in [7, 11) is -3.45. The van der Waals surface area contributed by atoms with Gasteiger partial charge in [0.25, 0.3) is 0 Å². The van der Waals surface area contributed by atoms with Crippen LogP contribution in [0.1, 0.15) is 0 Å². The second kappa shape index (κ2) is 3.95. The molecule has 0 aliphatic carbocycles. The van der Waals surface area contributed by atoms with E-state index in [2.05, 4.69) is 4.72 Å². The minimum absolute atomic E-state index is 0.342. The van der Waals surface area contributed by atoms with Crippen molar-refractivity contribution in [3.8, 4) is 0 Å². The van der Waals surface area contributed by atoms with Crippen molar-refractivity contribution >= 4 is 27.3 Å². The number of sulfonamides is 1. The van der Waals surface area contributed by atoms with Crippen molar-refractivity contribution in [3.63, 3.8) is 0 Å². The van der Waals surface area contributed by atoms with Crippen molar-refractivity contribution in [2.45, 2.75) is 0 Å². The fraction of sp³-hybridized carbons (Fsp3) is 0.143. The van der Waals surface area contributed by atoms with Gasteiger partial charge in [-0.1, -0.05) is 23.7 Å². The van der Waals surface area contributed by atoms with Gasteiger partial charge >= 0.3 is 0 Å². The van der Waals surface area contributed by atoms with E-state index in [1.54, 1.807) is 24.3 Å². The molecule has 0 aliphatic heterocycles. The highest BCUT2D eigenvalue weighted by atomic mass is 35.5. The van der Waals surface area contributed by atoms with Crippen LogP contribution in [0.2, 0.25) is 5.02 Å². The summed E-state index contributed by atoms with van der Waals surface area (Å²) in [4.78, 5) is 0. The van der Waals surface area contributed by atoms with Crippen LogP contribution in [-0.4, -0.2) is 14.3 Å². The maximum absolute atomic E-state index is 11.0. The molecule has 0 spiro atoms. The molecule has 0 fully saturated rings. The Morgan fingerprint density at radius 3 is 2.54 bits per heavy atom. The first-order valence-electron chi connectivity index (χ1n) is 3.50. The molecular weight excluding hydrogens is 212 g/mol. The van der Waals surface area contributed by atoms with Gasteiger partial charge in [-0.15, -0.1) is 0 Å². The molecule has 0 aliphatic rings. The van der Waals surface area contributed by atoms with E-state index < -0.39 is 15.9 Å². The summed E-state index contributed by atoms with van der Waals surface area (Å²) in [6.07, 6.45) is 0. The predicted molar refractivity (Wildman–Crippen MR) is 53.0 cm³/mol. The molecule has 0 aromatic heterocycles. The highest BCUT2D eigenvalue weighted by Crippen LogP contribution is 2.21. The maximum Gasteiger partial charge on any atom is 0.245 e. The molecule has 0 radical (unpaired) electrons. The van der Waals surface area contributed by atoms with Crippen LogP contribution in [0.5, 0.6) is 0 Å². The van der Waals surface area contributed by atoms with Crippen molar-refractivity contribution in [2.24, 2.45) is 5.73 Å². The van der Waals surface area contributed by atoms with Gasteiger partial charge in [-0.2, -0.15) is 0 Å². The summed E-state index contributed by atoms with van der Waals surface area (Å²) < 4.78 is 24.3. The summed E-state index contributed by atoms with van der Waals surface area (Å²) in [6.45, 7) is 0. The topological polar surface area (TPSA) is 72.2 Å². The minimum atomic E-state index is -3.45. The monoisotopic (exact) mass is 220 g/mol. The van der Waals surface area contributed by atoms with Gasteiger partial charge in [0, 0.05) is 0 Å². The lowest BCUT2D eigenvalue weighted by atomic mass is 10.3. The Kier molecular flexibility index (Phi) is 3.13. The van der Waals surface area contributed by atoms with Crippen molar-refractivity contribution < 1.29 is 8.42 Å². The predicted octanol–water partition coefficient (Wildman–Crippen LogP) is 0.998. The van der Waals surface area contributed by atoms with Crippen molar-refractivity contribution in [1.29, 1.82) is 0 Å². The lowest BCUT2D eigenvalue weighted by Crippen LogP contribution is -2.22. The molecule has 0 saturated carbocycles. The highest BCUT2D eigenvalue weighted by molar-refractivity contribution is 7.92. The van der Waals surface area contributed by atoms with Crippen LogP contribution >= 0.6 is 11.6 Å². The highest BCUT2D eigenvalue weighted by Gasteiger charge is 2.08. The smallest absolute Gasteiger partial charge is 0.245 e. The molecule has 0 unspecified atom stereocenters. The Balaban J connectivity index is 2.93. The van der Waals surface area contributed by atoms with Gasteiger partial charge in [-0.3, -0.25) is 4.72 Å². The standard InChI is InChI=1S/C7H9ClN2O2S/c8-6-3-1-2-4-7(6)10-13(11,12)5-9/h1-4,10H,5,9H2. The van der Waals surface area contributed by atoms with Crippen LogP contribution in [0.3, 0.4) is 0 Å². The largest absolute Gasteiger partial charge is 0.316 e. The number of hydrogen-bond donors (Lipinski definition) is 2. The van der Waals surface area contributed by atoms with E-state index in [-0.39, 0.29) is 0 Å². The molecule has 13 heavy (non-hydrogen) atoms. The number of halogens is 1. The molecule has 4 nitrogen and oxygen atoms in total. The number of rotatable bonds is 3. The third kappa shape index (κ3) is 2.87. The summed E-state index contributed by atoms with van der Waals surface area (Å²) >= 11 is 5.72. The van der Waals surface area contributed by atoms with Crippen molar-refractivity contribution in [3.05, 3.63) is 29.3 Å². The van der Waals surface area contributed by atoms with Crippen LogP contribution in [0.25, 0.3) is 0 Å². The van der Waals surface area contributed by atoms with E-state index in [1.807, 2.05) is 0 Å². The Labute approximate surface area is 81.8 Å². The Hall–Kier alpha value is -0.780. The van der Waals surface area contributed by atoms with E-state index >= 15 is 0 Å². The lowest BCUT2D eigenvalue weighted by Gasteiger charge is -2.06. The van der Waals surface area contributed by atoms with Gasteiger partial charge in [-0.25, -0.2) is 8.42 Å². The van der Waals surface area contributed by atoms with Gasteiger partial charge in [0.15, 0.2) is 0 Å². The lowest BCUT2D eigenvalue weighted by molar-refractivity contribution is 0.601. The zero-order valence-corrected chi connectivity index (χ0v) is 8.27. The molecule has 1 rings (SSSR count). The van der Waals surface area contributed by atoms with E-state index in [0.717, 1.165) is 0 Å². The molecule has 72 valence electrons. The molecule has 6 heteroatoms. The van der Waals surface area contributed by atoms with Crippen LogP contribution in [0.15, 0.2) is 24.3 Å². The second-order valence-electron chi connectivity index (χ2n) is 2.36. The number of benzene rings is 1. The molecule has 3 N–H and O–H groups in total. The normalized spacial score (nSPS) is 11.2. The second-order valence-corrected chi connectivity index (χ2v) is 4.54. The fourth-order valence-electron chi connectivity index (χ4n) is 0.753. The van der Waals surface area contributed by atoms with Gasteiger partial charge in [0.2, 0.25) is 10.0 Å². The first-order chi connectivity index (χ1) is 6.05. The zero-order chi connectivity index (χ0) is 9.90. The summed E-state index contributed by atoms with van der Waals surface area (Å²) in [5.74, 6) is -0.460. The first kappa shape index (κ1) is 10.3. The van der Waals surface area contributed by atoms with E-state index in [1.165, 1.54) is 0 Å². The molecule has 0 bridgehead atoms. The fourth-order valence-corrected chi connectivity index (χ4v) is 1.59. The molecule has 0 heterocycles. The minimum Gasteiger partial charge on any atom is -0.316 e. The molecule has 0 atom stereocenters. The number of hydrogen-bond acceptors (Lipinski definition) is 3. The summed E-state index contributed by atoms with van der Waals surface area (Å²) in [5, 5.41) is 0.347. The SMILES string of the molecule is NCS(=O)(=O)Nc1ccccc1Cl. The zero-order valence-electron chi connectivity index (χ0n) is 6.70. The van der Waals surface area contributed by atoms with Crippen LogP contribution in [0, 0.1) is 0 Å². The first-order valence-corrected chi connectivity index (χ1v) is 5.53. The molecular formula is C7H9ClN2O2S. The summed E-state index contributed by atoms with van der Waals surface area (Å²) in [5.41, 5.74) is 5.35. The Bertz CT molecular complexity index is 391. The third-order valence-corrected chi connectivity index (χ3v) is 2.66. The number of anilines is 1. The summed E-state index contributed by atoms with van der Waals surface area (Å²) in [6, 6.07) is 6.55. The Morgan fingerprint density at radius 1 is 1.38 bits per heavy atom. The van der Waals surface area contributed by atoms with E-state index in [9.17, 15) is 8.42 Å². The van der Waals surface area contributed by atoms with Crippen LogP contribution in [0.4, 0.5) is 5.69 Å². The van der Waals surface area contributed by atoms with Crippen LogP contribution in [-0.2, 0) is 10.0 Å². The quantitative estimate of drug-likeness (QED) is 0.798. The molecule has 0 saturated heterocycles. The molecule has 0 amide bonds. The Morgan fingerprint density at radius 2 is 2.00 bits per heavy atom. The number of para-hydroxylation sites is 1. The number of nitrogens with one attached hydrogen (secondary N) is 1. The number of nitrogens with two attached hydrogens (primary N) is 1.